The number of hydrogen-bond acceptors (Lipinski definition) is 4. The molecule has 0 spiro atoms. The highest BCUT2D eigenvalue weighted by Crippen LogP contribution is 2.23. The molecule has 2 unspecified atom stereocenters. The average molecular weight is 434 g/mol. The second-order valence-corrected chi connectivity index (χ2v) is 9.10. The molecule has 0 fully saturated rings. The molecule has 0 amide bonds. The molecule has 2 atom stereocenters. The molecule has 1 aliphatic heterocycles. The molecule has 0 saturated heterocycles. The molecular weight excluding hydrogens is 386 g/mol. The zero-order valence-electron chi connectivity index (χ0n) is 20.2. The van der Waals surface area contributed by atoms with Crippen molar-refractivity contribution in [2.45, 2.75) is 123 Å². The van der Waals surface area contributed by atoms with Crippen molar-refractivity contribution in [2.24, 2.45) is 10.7 Å². The molecule has 178 valence electrons. The summed E-state index contributed by atoms with van der Waals surface area (Å²) in [5.41, 5.74) is 6.08. The van der Waals surface area contributed by atoms with E-state index < -0.39 is 5.97 Å². The van der Waals surface area contributed by atoms with Crippen LogP contribution in [0.25, 0.3) is 0 Å². The molecule has 0 aromatic carbocycles. The van der Waals surface area contributed by atoms with Gasteiger partial charge in [-0.1, -0.05) is 89.2 Å². The van der Waals surface area contributed by atoms with Crippen LogP contribution in [0.15, 0.2) is 29.5 Å². The van der Waals surface area contributed by atoms with Crippen LogP contribution in [0.1, 0.15) is 117 Å². The molecule has 0 aromatic rings. The molecule has 5 heteroatoms. The maximum atomic E-state index is 11.2. The highest BCUT2D eigenvalue weighted by molar-refractivity contribution is 5.81. The van der Waals surface area contributed by atoms with Gasteiger partial charge in [-0.05, 0) is 26.2 Å². The molecule has 0 bridgehead atoms. The van der Waals surface area contributed by atoms with E-state index in [-0.39, 0.29) is 17.2 Å². The van der Waals surface area contributed by atoms with E-state index >= 15 is 0 Å². The van der Waals surface area contributed by atoms with Crippen molar-refractivity contribution in [3.8, 4) is 0 Å². The number of carbonyl (C=O) groups excluding carboxylic acids is 1. The molecule has 0 saturated carbocycles. The summed E-state index contributed by atoms with van der Waals surface area (Å²) in [5, 5.41) is 11.2. The van der Waals surface area contributed by atoms with E-state index in [4.69, 9.17) is 5.73 Å². The number of carboxylic acids is 1. The molecule has 2 N–H and O–H groups in total. The van der Waals surface area contributed by atoms with Gasteiger partial charge in [-0.2, -0.15) is 0 Å². The van der Waals surface area contributed by atoms with Crippen LogP contribution in [0.4, 0.5) is 0 Å². The van der Waals surface area contributed by atoms with Gasteiger partial charge >= 0.3 is 0 Å². The van der Waals surface area contributed by atoms with Gasteiger partial charge in [-0.3, -0.25) is 5.73 Å². The Bertz CT molecular complexity index is 569. The summed E-state index contributed by atoms with van der Waals surface area (Å²) in [5.74, 6) is -0.228. The van der Waals surface area contributed by atoms with Crippen molar-refractivity contribution in [1.82, 2.24) is 0 Å². The van der Waals surface area contributed by atoms with Gasteiger partial charge in [0.1, 0.15) is 18.9 Å². The van der Waals surface area contributed by atoms with E-state index in [1.54, 1.807) is 12.4 Å². The van der Waals surface area contributed by atoms with E-state index in [1.807, 2.05) is 6.92 Å². The van der Waals surface area contributed by atoms with Crippen LogP contribution in [0.2, 0.25) is 0 Å². The van der Waals surface area contributed by atoms with Crippen molar-refractivity contribution in [3.63, 3.8) is 0 Å². The van der Waals surface area contributed by atoms with Gasteiger partial charge in [0.25, 0.3) is 0 Å². The van der Waals surface area contributed by atoms with Gasteiger partial charge in [0.05, 0.1) is 12.2 Å². The van der Waals surface area contributed by atoms with Crippen molar-refractivity contribution in [3.05, 3.63) is 24.6 Å². The minimum absolute atomic E-state index is 0.110. The highest BCUT2D eigenvalue weighted by atomic mass is 16.4. The van der Waals surface area contributed by atoms with E-state index in [0.717, 1.165) is 25.1 Å². The van der Waals surface area contributed by atoms with Crippen LogP contribution < -0.4 is 10.8 Å². The number of allylic oxidation sites excluding steroid dienone is 2. The SMILES string of the molecule is C/C=C/CCCCCCCCCCCCCCCCC1=NC=C[N+]1(CC(=O)[O-])C(C)N. The Morgan fingerprint density at radius 1 is 0.968 bits per heavy atom. The van der Waals surface area contributed by atoms with Gasteiger partial charge in [-0.15, -0.1) is 0 Å². The molecule has 0 radical (unpaired) electrons. The van der Waals surface area contributed by atoms with Crippen LogP contribution >= 0.6 is 0 Å². The smallest absolute Gasteiger partial charge is 0.209 e. The fraction of sp³-hybridized carbons (Fsp3) is 0.769. The summed E-state index contributed by atoms with van der Waals surface area (Å²) < 4.78 is 0.110. The number of aliphatic imine (C=N–C) groups is 1. The second-order valence-electron chi connectivity index (χ2n) is 9.10. The first-order chi connectivity index (χ1) is 15.0. The van der Waals surface area contributed by atoms with E-state index in [9.17, 15) is 9.90 Å². The topological polar surface area (TPSA) is 78.5 Å². The lowest BCUT2D eigenvalue weighted by molar-refractivity contribution is -0.808. The summed E-state index contributed by atoms with van der Waals surface area (Å²) in [7, 11) is 0. The Kier molecular flexibility index (Phi) is 15.2. The van der Waals surface area contributed by atoms with Crippen LogP contribution in [-0.2, 0) is 4.79 Å². The third-order valence-electron chi connectivity index (χ3n) is 6.41. The Morgan fingerprint density at radius 2 is 1.45 bits per heavy atom. The first-order valence-corrected chi connectivity index (χ1v) is 12.7. The summed E-state index contributed by atoms with van der Waals surface area (Å²) >= 11 is 0. The van der Waals surface area contributed by atoms with E-state index in [2.05, 4.69) is 24.1 Å². The zero-order chi connectivity index (χ0) is 22.8. The van der Waals surface area contributed by atoms with E-state index in [1.165, 1.54) is 83.5 Å². The number of carboxylic acid groups (broad SMARTS) is 1. The minimum Gasteiger partial charge on any atom is -0.544 e. The Morgan fingerprint density at radius 3 is 1.90 bits per heavy atom. The van der Waals surface area contributed by atoms with Crippen LogP contribution in [-0.4, -0.2) is 29.0 Å². The predicted molar refractivity (Wildman–Crippen MR) is 129 cm³/mol. The van der Waals surface area contributed by atoms with Crippen LogP contribution in [0.3, 0.4) is 0 Å². The number of nitrogens with zero attached hydrogens (tertiary/aromatic N) is 2. The fourth-order valence-electron chi connectivity index (χ4n) is 4.41. The normalized spacial score (nSPS) is 19.3. The van der Waals surface area contributed by atoms with Crippen LogP contribution in [0.5, 0.6) is 0 Å². The summed E-state index contributed by atoms with van der Waals surface area (Å²) in [6.07, 6.45) is 28.2. The van der Waals surface area contributed by atoms with Gasteiger partial charge in [0.15, 0.2) is 0 Å². The molecule has 1 rings (SSSR count). The number of carbonyl (C=O) groups is 1. The third-order valence-corrected chi connectivity index (χ3v) is 6.41. The number of nitrogens with two attached hydrogens (primary N) is 1. The molecule has 0 aliphatic carbocycles. The van der Waals surface area contributed by atoms with E-state index in [0.29, 0.717) is 0 Å². The molecule has 1 heterocycles. The summed E-state index contributed by atoms with van der Waals surface area (Å²) in [6, 6.07) is 0. The number of rotatable bonds is 20. The largest absolute Gasteiger partial charge is 0.544 e. The standard InChI is InChI=1S/C26H47N3O2/c1-3-4-5-6-7-8-9-10-11-12-13-14-15-16-17-18-19-20-25-28-21-22-29(25,24(2)27)23-26(30)31/h3-4,21-22,24H,5-20,23,27H2,1-2H3/b4-3+. The van der Waals surface area contributed by atoms with Crippen molar-refractivity contribution < 1.29 is 14.4 Å². The molecule has 0 aromatic heterocycles. The molecule has 1 aliphatic rings. The summed E-state index contributed by atoms with van der Waals surface area (Å²) in [6.45, 7) is 3.80. The average Bonchev–Trinajstić information content (AvgIpc) is 3.13. The molecule has 31 heavy (non-hydrogen) atoms. The first-order valence-electron chi connectivity index (χ1n) is 12.7. The maximum Gasteiger partial charge on any atom is 0.209 e. The summed E-state index contributed by atoms with van der Waals surface area (Å²) in [4.78, 5) is 15.6. The Balaban J connectivity index is 1.95. The zero-order valence-corrected chi connectivity index (χ0v) is 20.2. The van der Waals surface area contributed by atoms with Crippen molar-refractivity contribution >= 4 is 11.8 Å². The number of hydrogen-bond donors (Lipinski definition) is 1. The van der Waals surface area contributed by atoms with Gasteiger partial charge in [0.2, 0.25) is 5.84 Å². The fourth-order valence-corrected chi connectivity index (χ4v) is 4.41. The number of aliphatic carboxylic acids is 1. The first kappa shape index (κ1) is 27.6. The van der Waals surface area contributed by atoms with Gasteiger partial charge in [0, 0.05) is 13.3 Å². The predicted octanol–water partition coefficient (Wildman–Crippen LogP) is 5.56. The molecular formula is C26H47N3O2. The van der Waals surface area contributed by atoms with Gasteiger partial charge < -0.3 is 9.90 Å². The number of unbranched alkanes of at least 4 members (excludes halogenated alkanes) is 14. The van der Waals surface area contributed by atoms with Crippen molar-refractivity contribution in [2.75, 3.05) is 6.54 Å². The third kappa shape index (κ3) is 11.6. The lowest BCUT2D eigenvalue weighted by atomic mass is 10.0. The molecule has 5 nitrogen and oxygen atoms in total. The van der Waals surface area contributed by atoms with Gasteiger partial charge in [-0.25, -0.2) is 9.48 Å². The monoisotopic (exact) mass is 433 g/mol. The quantitative estimate of drug-likeness (QED) is 0.155. The Hall–Kier alpha value is -1.46. The minimum atomic E-state index is -1.09. The number of amidine groups is 1. The second kappa shape index (κ2) is 17.1. The lowest BCUT2D eigenvalue weighted by Crippen LogP contribution is -2.60. The maximum absolute atomic E-state index is 11.2. The van der Waals surface area contributed by atoms with Crippen molar-refractivity contribution in [1.29, 1.82) is 0 Å². The number of quaternary nitrogens is 1. The highest BCUT2D eigenvalue weighted by Gasteiger charge is 2.38. The Labute approximate surface area is 191 Å². The van der Waals surface area contributed by atoms with Crippen LogP contribution in [0, 0.1) is 0 Å². The lowest BCUT2D eigenvalue weighted by Gasteiger charge is -2.36.